The number of methoxy groups -OCH3 is 1. The lowest BCUT2D eigenvalue weighted by Crippen LogP contribution is -2.64. The van der Waals surface area contributed by atoms with Crippen LogP contribution in [0.3, 0.4) is 0 Å². The fourth-order valence-corrected chi connectivity index (χ4v) is 5.85. The number of allylic oxidation sites excluding steroid dienone is 1. The van der Waals surface area contributed by atoms with Crippen LogP contribution in [0.2, 0.25) is 0 Å². The fraction of sp³-hybridized carbons (Fsp3) is 0.500. The zero-order valence-electron chi connectivity index (χ0n) is 15.9. The Balaban J connectivity index is 1.80. The van der Waals surface area contributed by atoms with Crippen molar-refractivity contribution in [3.8, 4) is 11.5 Å². The highest BCUT2D eigenvalue weighted by atomic mass is 16.5. The van der Waals surface area contributed by atoms with Gasteiger partial charge in [-0.3, -0.25) is 4.79 Å². The van der Waals surface area contributed by atoms with Crippen molar-refractivity contribution in [1.29, 1.82) is 0 Å². The van der Waals surface area contributed by atoms with Gasteiger partial charge in [0.2, 0.25) is 0 Å². The van der Waals surface area contributed by atoms with Crippen molar-refractivity contribution in [2.45, 2.75) is 43.4 Å². The molecule has 1 fully saturated rings. The second kappa shape index (κ2) is 5.69. The van der Waals surface area contributed by atoms with Crippen molar-refractivity contribution < 1.29 is 19.4 Å². The third-order valence-electron chi connectivity index (χ3n) is 7.02. The first-order valence-electron chi connectivity index (χ1n) is 9.63. The number of hydrogen-bond donors (Lipinski definition) is 1. The predicted molar refractivity (Wildman–Crippen MR) is 102 cm³/mol. The lowest BCUT2D eigenvalue weighted by atomic mass is 9.53. The number of ketones is 1. The number of aliphatic hydroxyl groups is 1. The Morgan fingerprint density at radius 2 is 2.26 bits per heavy atom. The summed E-state index contributed by atoms with van der Waals surface area (Å²) in [4.78, 5) is 14.0. The highest BCUT2D eigenvalue weighted by Gasteiger charge is 2.64. The van der Waals surface area contributed by atoms with E-state index < -0.39 is 6.10 Å². The van der Waals surface area contributed by atoms with Crippen LogP contribution in [0.15, 0.2) is 24.3 Å². The SMILES string of the molecule is COc1cc(/C=C/C(C)=O)c2c3c1O[C@H]1[C@@H](O)C=C[C@@H]4[C@@H](C2)N(C)CC[C@@]341. The number of nitrogens with zero attached hydrogens (tertiary/aromatic N) is 1. The molecule has 0 aromatic heterocycles. The number of rotatable bonds is 3. The molecule has 0 radical (unpaired) electrons. The average Bonchev–Trinajstić information content (AvgIpc) is 2.99. The molecule has 1 saturated heterocycles. The summed E-state index contributed by atoms with van der Waals surface area (Å²) in [7, 11) is 3.83. The van der Waals surface area contributed by atoms with Gasteiger partial charge in [-0.1, -0.05) is 18.2 Å². The average molecular weight is 367 g/mol. The van der Waals surface area contributed by atoms with Crippen LogP contribution in [0.25, 0.3) is 6.08 Å². The Kier molecular flexibility index (Phi) is 3.59. The summed E-state index contributed by atoms with van der Waals surface area (Å²) in [6, 6.07) is 2.34. The summed E-state index contributed by atoms with van der Waals surface area (Å²) in [5, 5.41) is 10.7. The first kappa shape index (κ1) is 17.0. The van der Waals surface area contributed by atoms with E-state index in [1.807, 2.05) is 18.2 Å². The molecule has 142 valence electrons. The maximum absolute atomic E-state index is 11.5. The molecule has 1 N–H and O–H groups in total. The van der Waals surface area contributed by atoms with Crippen molar-refractivity contribution in [3.63, 3.8) is 0 Å². The number of likely N-dealkylation sites (tertiary alicyclic amines) is 1. The van der Waals surface area contributed by atoms with E-state index in [2.05, 4.69) is 18.0 Å². The van der Waals surface area contributed by atoms with E-state index in [0.29, 0.717) is 17.7 Å². The molecule has 0 amide bonds. The summed E-state index contributed by atoms with van der Waals surface area (Å²) in [6.07, 6.45) is 8.57. The summed E-state index contributed by atoms with van der Waals surface area (Å²) in [6.45, 7) is 2.54. The standard InChI is InChI=1S/C22H25NO4/c1-12(24)4-5-13-10-18(26-3)20-19-14(13)11-16-15-6-7-17(25)21(27-20)22(15,19)8-9-23(16)2/h4-7,10,15-17,21,25H,8-9,11H2,1-3H3/b5-4+/t15-,16-,17+,21+,22+/m1/s1. The molecule has 2 aliphatic carbocycles. The van der Waals surface area contributed by atoms with Crippen LogP contribution in [0.4, 0.5) is 0 Å². The largest absolute Gasteiger partial charge is 0.493 e. The summed E-state index contributed by atoms with van der Waals surface area (Å²) in [5.41, 5.74) is 3.24. The molecule has 5 atom stereocenters. The molecule has 2 heterocycles. The van der Waals surface area contributed by atoms with Crippen LogP contribution in [-0.2, 0) is 16.6 Å². The van der Waals surface area contributed by atoms with Gasteiger partial charge in [-0.2, -0.15) is 0 Å². The van der Waals surface area contributed by atoms with Gasteiger partial charge in [0.15, 0.2) is 17.3 Å². The number of ether oxygens (including phenoxy) is 2. The van der Waals surface area contributed by atoms with Gasteiger partial charge in [0.05, 0.1) is 7.11 Å². The Hall–Kier alpha value is -2.11. The van der Waals surface area contributed by atoms with Gasteiger partial charge < -0.3 is 19.5 Å². The fourth-order valence-electron chi connectivity index (χ4n) is 5.85. The number of hydrogen-bond acceptors (Lipinski definition) is 5. The first-order valence-corrected chi connectivity index (χ1v) is 9.63. The number of piperidine rings is 1. The monoisotopic (exact) mass is 367 g/mol. The van der Waals surface area contributed by atoms with E-state index in [-0.39, 0.29) is 17.3 Å². The minimum Gasteiger partial charge on any atom is -0.493 e. The molecular weight excluding hydrogens is 342 g/mol. The highest BCUT2D eigenvalue weighted by molar-refractivity contribution is 5.92. The van der Waals surface area contributed by atoms with Crippen LogP contribution in [0.1, 0.15) is 30.0 Å². The molecule has 5 heteroatoms. The maximum Gasteiger partial charge on any atom is 0.166 e. The Morgan fingerprint density at radius 3 is 3.00 bits per heavy atom. The van der Waals surface area contributed by atoms with Gasteiger partial charge in [0.25, 0.3) is 0 Å². The van der Waals surface area contributed by atoms with Crippen molar-refractivity contribution in [1.82, 2.24) is 4.90 Å². The van der Waals surface area contributed by atoms with Crippen molar-refractivity contribution in [3.05, 3.63) is 41.0 Å². The van der Waals surface area contributed by atoms with Gasteiger partial charge in [-0.05, 0) is 56.6 Å². The van der Waals surface area contributed by atoms with E-state index in [1.54, 1.807) is 20.1 Å². The molecular formula is C22H25NO4. The minimum atomic E-state index is -0.621. The van der Waals surface area contributed by atoms with Crippen molar-refractivity contribution >= 4 is 11.9 Å². The predicted octanol–water partition coefficient (Wildman–Crippen LogP) is 2.10. The maximum atomic E-state index is 11.5. The zero-order valence-corrected chi connectivity index (χ0v) is 15.9. The smallest absolute Gasteiger partial charge is 0.166 e. The van der Waals surface area contributed by atoms with Gasteiger partial charge in [0, 0.05) is 22.9 Å². The molecule has 5 rings (SSSR count). The van der Waals surface area contributed by atoms with Gasteiger partial charge >= 0.3 is 0 Å². The van der Waals surface area contributed by atoms with Gasteiger partial charge in [-0.15, -0.1) is 0 Å². The van der Waals surface area contributed by atoms with Crippen LogP contribution < -0.4 is 9.47 Å². The molecule has 1 aromatic rings. The van der Waals surface area contributed by atoms with E-state index in [4.69, 9.17) is 9.47 Å². The van der Waals surface area contributed by atoms with E-state index in [0.717, 1.165) is 30.7 Å². The molecule has 0 unspecified atom stereocenters. The normalized spacial score (nSPS) is 35.9. The molecule has 2 bridgehead atoms. The number of benzene rings is 1. The third kappa shape index (κ3) is 2.10. The molecule has 4 aliphatic rings. The number of aliphatic hydroxyl groups excluding tert-OH is 1. The van der Waals surface area contributed by atoms with Crippen molar-refractivity contribution in [2.75, 3.05) is 20.7 Å². The number of likely N-dealkylation sites (N-methyl/N-ethyl adjacent to an activating group) is 1. The van der Waals surface area contributed by atoms with E-state index in [9.17, 15) is 9.90 Å². The number of carbonyl (C=O) groups is 1. The topological polar surface area (TPSA) is 59.0 Å². The van der Waals surface area contributed by atoms with Crippen LogP contribution in [0.5, 0.6) is 11.5 Å². The second-order valence-corrected chi connectivity index (χ2v) is 8.28. The summed E-state index contributed by atoms with van der Waals surface area (Å²) in [5.74, 6) is 1.81. The van der Waals surface area contributed by atoms with E-state index in [1.165, 1.54) is 11.1 Å². The van der Waals surface area contributed by atoms with Crippen LogP contribution >= 0.6 is 0 Å². The zero-order chi connectivity index (χ0) is 18.9. The molecule has 2 aliphatic heterocycles. The van der Waals surface area contributed by atoms with Crippen LogP contribution in [0, 0.1) is 5.92 Å². The minimum absolute atomic E-state index is 0.0241. The Bertz CT molecular complexity index is 889. The van der Waals surface area contributed by atoms with Gasteiger partial charge in [0.1, 0.15) is 12.2 Å². The molecule has 5 nitrogen and oxygen atoms in total. The Morgan fingerprint density at radius 1 is 1.44 bits per heavy atom. The van der Waals surface area contributed by atoms with E-state index >= 15 is 0 Å². The quantitative estimate of drug-likeness (QED) is 0.655. The Labute approximate surface area is 159 Å². The lowest BCUT2D eigenvalue weighted by Gasteiger charge is -2.56. The summed E-state index contributed by atoms with van der Waals surface area (Å²) >= 11 is 0. The molecule has 1 spiro atoms. The molecule has 1 aromatic carbocycles. The molecule has 0 saturated carbocycles. The lowest BCUT2D eigenvalue weighted by molar-refractivity contribution is -0.112. The van der Waals surface area contributed by atoms with Gasteiger partial charge in [-0.25, -0.2) is 0 Å². The van der Waals surface area contributed by atoms with Crippen molar-refractivity contribution in [2.24, 2.45) is 5.92 Å². The first-order chi connectivity index (χ1) is 13.0. The third-order valence-corrected chi connectivity index (χ3v) is 7.02. The summed E-state index contributed by atoms with van der Waals surface area (Å²) < 4.78 is 12.1. The molecule has 27 heavy (non-hydrogen) atoms. The number of carbonyl (C=O) groups excluding carboxylic acids is 1. The highest BCUT2D eigenvalue weighted by Crippen LogP contribution is 2.63. The van der Waals surface area contributed by atoms with Crippen LogP contribution in [-0.4, -0.2) is 54.7 Å². The second-order valence-electron chi connectivity index (χ2n) is 8.28.